The number of hydrogen-bond acceptors (Lipinski definition) is 2. The third-order valence-electron chi connectivity index (χ3n) is 2.17. The van der Waals surface area contributed by atoms with Gasteiger partial charge >= 0.3 is 5.97 Å². The van der Waals surface area contributed by atoms with E-state index >= 15 is 0 Å². The normalized spacial score (nSPS) is 10.9. The van der Waals surface area contributed by atoms with Crippen molar-refractivity contribution in [1.82, 2.24) is 0 Å². The molecule has 15 heavy (non-hydrogen) atoms. The monoisotopic (exact) mass is 220 g/mol. The summed E-state index contributed by atoms with van der Waals surface area (Å²) in [7, 11) is -2.12. The van der Waals surface area contributed by atoms with Crippen LogP contribution in [0, 0.1) is 0 Å². The lowest BCUT2D eigenvalue weighted by molar-refractivity contribution is -0.130. The standard InChI is InChI=1S/C12H16O2Si/c1-10(2)12(13)14-15(3,4)11-8-6-5-7-9-11/h5-9H,1H2,2-4H3. The first-order valence-corrected chi connectivity index (χ1v) is 7.78. The molecule has 0 saturated carbocycles. The first kappa shape index (κ1) is 11.7. The average molecular weight is 220 g/mol. The molecule has 0 unspecified atom stereocenters. The highest BCUT2D eigenvalue weighted by molar-refractivity contribution is 6.85. The molecule has 2 nitrogen and oxygen atoms in total. The molecule has 0 amide bonds. The molecule has 0 N–H and O–H groups in total. The zero-order chi connectivity index (χ0) is 11.5. The van der Waals surface area contributed by atoms with E-state index in [4.69, 9.17) is 4.43 Å². The van der Waals surface area contributed by atoms with Gasteiger partial charge in [-0.25, -0.2) is 4.79 Å². The number of hydrogen-bond donors (Lipinski definition) is 0. The van der Waals surface area contributed by atoms with E-state index in [1.807, 2.05) is 43.4 Å². The fourth-order valence-electron chi connectivity index (χ4n) is 1.22. The summed E-state index contributed by atoms with van der Waals surface area (Å²) >= 11 is 0. The average Bonchev–Trinajstić information content (AvgIpc) is 2.18. The highest BCUT2D eigenvalue weighted by Gasteiger charge is 2.29. The lowest BCUT2D eigenvalue weighted by Crippen LogP contribution is -2.46. The Bertz CT molecular complexity index is 368. The Kier molecular flexibility index (Phi) is 3.47. The second-order valence-corrected chi connectivity index (χ2v) is 7.85. The molecule has 1 aromatic carbocycles. The summed E-state index contributed by atoms with van der Waals surface area (Å²) in [5, 5.41) is 1.11. The van der Waals surface area contributed by atoms with Crippen molar-refractivity contribution in [3.8, 4) is 0 Å². The molecular formula is C12H16O2Si. The molecule has 80 valence electrons. The summed E-state index contributed by atoms with van der Waals surface area (Å²) in [6.45, 7) is 9.25. The van der Waals surface area contributed by atoms with E-state index < -0.39 is 8.32 Å². The van der Waals surface area contributed by atoms with E-state index in [2.05, 4.69) is 6.58 Å². The second kappa shape index (κ2) is 4.44. The minimum absolute atomic E-state index is 0.296. The highest BCUT2D eigenvalue weighted by Crippen LogP contribution is 2.08. The zero-order valence-electron chi connectivity index (χ0n) is 9.41. The smallest absolute Gasteiger partial charge is 0.320 e. The maximum absolute atomic E-state index is 11.4. The Labute approximate surface area is 91.7 Å². The van der Waals surface area contributed by atoms with Crippen LogP contribution in [0.2, 0.25) is 13.1 Å². The van der Waals surface area contributed by atoms with Crippen LogP contribution >= 0.6 is 0 Å². The van der Waals surface area contributed by atoms with Crippen molar-refractivity contribution in [1.29, 1.82) is 0 Å². The van der Waals surface area contributed by atoms with Gasteiger partial charge in [-0.2, -0.15) is 0 Å². The van der Waals surface area contributed by atoms with Gasteiger partial charge in [-0.05, 0) is 25.2 Å². The summed E-state index contributed by atoms with van der Waals surface area (Å²) in [4.78, 5) is 11.4. The van der Waals surface area contributed by atoms with Gasteiger partial charge in [0.1, 0.15) is 0 Å². The van der Waals surface area contributed by atoms with Crippen LogP contribution in [0.4, 0.5) is 0 Å². The van der Waals surface area contributed by atoms with Gasteiger partial charge in [-0.3, -0.25) is 0 Å². The van der Waals surface area contributed by atoms with E-state index in [0.29, 0.717) is 5.57 Å². The van der Waals surface area contributed by atoms with Gasteiger partial charge in [-0.15, -0.1) is 0 Å². The Balaban J connectivity index is 2.85. The molecule has 0 saturated heterocycles. The molecule has 1 aromatic rings. The molecule has 0 heterocycles. The molecule has 0 aliphatic carbocycles. The van der Waals surface area contributed by atoms with Crippen molar-refractivity contribution in [3.05, 3.63) is 42.5 Å². The van der Waals surface area contributed by atoms with Crippen molar-refractivity contribution >= 4 is 19.5 Å². The largest absolute Gasteiger partial charge is 0.512 e. The van der Waals surface area contributed by atoms with Gasteiger partial charge in [0, 0.05) is 5.57 Å². The van der Waals surface area contributed by atoms with E-state index in [-0.39, 0.29) is 5.97 Å². The first-order valence-electron chi connectivity index (χ1n) is 4.88. The maximum atomic E-state index is 11.4. The highest BCUT2D eigenvalue weighted by atomic mass is 28.4. The SMILES string of the molecule is C=C(C)C(=O)O[Si](C)(C)c1ccccc1. The Hall–Kier alpha value is -1.35. The van der Waals surface area contributed by atoms with Crippen LogP contribution in [0.25, 0.3) is 0 Å². The second-order valence-electron chi connectivity index (χ2n) is 4.05. The van der Waals surface area contributed by atoms with E-state index in [1.165, 1.54) is 0 Å². The maximum Gasteiger partial charge on any atom is 0.320 e. The number of benzene rings is 1. The third-order valence-corrected chi connectivity index (χ3v) is 4.58. The molecule has 0 atom stereocenters. The zero-order valence-corrected chi connectivity index (χ0v) is 10.4. The fourth-order valence-corrected chi connectivity index (χ4v) is 2.97. The minimum Gasteiger partial charge on any atom is -0.512 e. The van der Waals surface area contributed by atoms with Crippen LogP contribution in [0.5, 0.6) is 0 Å². The number of rotatable bonds is 3. The third kappa shape index (κ3) is 3.06. The summed E-state index contributed by atoms with van der Waals surface area (Å²) in [6, 6.07) is 9.86. The molecule has 0 spiro atoms. The van der Waals surface area contributed by atoms with E-state index in [0.717, 1.165) is 5.19 Å². The Morgan fingerprint density at radius 3 is 2.27 bits per heavy atom. The first-order chi connectivity index (χ1) is 6.93. The van der Waals surface area contributed by atoms with Crippen LogP contribution in [-0.2, 0) is 9.22 Å². The van der Waals surface area contributed by atoms with Crippen LogP contribution in [0.3, 0.4) is 0 Å². The van der Waals surface area contributed by atoms with Crippen LogP contribution in [-0.4, -0.2) is 14.3 Å². The lowest BCUT2D eigenvalue weighted by atomic mass is 10.4. The Morgan fingerprint density at radius 1 is 1.27 bits per heavy atom. The van der Waals surface area contributed by atoms with Gasteiger partial charge in [0.25, 0.3) is 8.32 Å². The Morgan fingerprint density at radius 2 is 1.80 bits per heavy atom. The molecular weight excluding hydrogens is 204 g/mol. The molecule has 0 fully saturated rings. The van der Waals surface area contributed by atoms with Gasteiger partial charge < -0.3 is 4.43 Å². The molecule has 0 aliphatic heterocycles. The van der Waals surface area contributed by atoms with Crippen molar-refractivity contribution < 1.29 is 9.22 Å². The van der Waals surface area contributed by atoms with Gasteiger partial charge in [-0.1, -0.05) is 36.9 Å². The molecule has 0 aliphatic rings. The van der Waals surface area contributed by atoms with Gasteiger partial charge in [0.05, 0.1) is 0 Å². The predicted molar refractivity (Wildman–Crippen MR) is 64.5 cm³/mol. The van der Waals surface area contributed by atoms with Gasteiger partial charge in [0.2, 0.25) is 0 Å². The van der Waals surface area contributed by atoms with Crippen molar-refractivity contribution in [2.75, 3.05) is 0 Å². The molecule has 1 rings (SSSR count). The summed E-state index contributed by atoms with van der Waals surface area (Å²) in [6.07, 6.45) is 0. The van der Waals surface area contributed by atoms with E-state index in [9.17, 15) is 4.79 Å². The van der Waals surface area contributed by atoms with Crippen LogP contribution in [0.1, 0.15) is 6.92 Å². The van der Waals surface area contributed by atoms with Gasteiger partial charge in [0.15, 0.2) is 0 Å². The van der Waals surface area contributed by atoms with Crippen molar-refractivity contribution in [2.45, 2.75) is 20.0 Å². The molecule has 3 heteroatoms. The summed E-state index contributed by atoms with van der Waals surface area (Å²) in [5.41, 5.74) is 0.450. The number of carbonyl (C=O) groups is 1. The quantitative estimate of drug-likeness (QED) is 0.577. The molecule has 0 aromatic heterocycles. The topological polar surface area (TPSA) is 26.3 Å². The molecule has 0 bridgehead atoms. The van der Waals surface area contributed by atoms with Crippen molar-refractivity contribution in [2.24, 2.45) is 0 Å². The molecule has 0 radical (unpaired) electrons. The van der Waals surface area contributed by atoms with Crippen molar-refractivity contribution in [3.63, 3.8) is 0 Å². The van der Waals surface area contributed by atoms with Crippen LogP contribution < -0.4 is 5.19 Å². The lowest BCUT2D eigenvalue weighted by Gasteiger charge is -2.23. The summed E-state index contributed by atoms with van der Waals surface area (Å²) in [5.74, 6) is -0.296. The number of carbonyl (C=O) groups excluding carboxylic acids is 1. The predicted octanol–water partition coefficient (Wildman–Crippen LogP) is 2.22. The van der Waals surface area contributed by atoms with Crippen LogP contribution in [0.15, 0.2) is 42.5 Å². The fraction of sp³-hybridized carbons (Fsp3) is 0.250. The summed E-state index contributed by atoms with van der Waals surface area (Å²) < 4.78 is 5.49. The minimum atomic E-state index is -2.12. The van der Waals surface area contributed by atoms with E-state index in [1.54, 1.807) is 6.92 Å².